The molecule has 0 aliphatic heterocycles. The van der Waals surface area contributed by atoms with Crippen LogP contribution in [-0.4, -0.2) is 32.6 Å². The third-order valence-corrected chi connectivity index (χ3v) is 4.28. The van der Waals surface area contributed by atoms with Crippen LogP contribution < -0.4 is 9.47 Å². The van der Waals surface area contributed by atoms with Gasteiger partial charge >= 0.3 is 5.97 Å². The standard InChI is InChI=1S/C22H20O6/c1-14-17-6-4-5-7-20(17)28-22(14)18(23)13-27-21(24)11-8-15-12-16(25-2)9-10-19(15)26-3/h4-12H,13H2,1-3H3/b11-8+. The van der Waals surface area contributed by atoms with Crippen molar-refractivity contribution in [1.29, 1.82) is 0 Å². The van der Waals surface area contributed by atoms with Gasteiger partial charge in [0.25, 0.3) is 0 Å². The van der Waals surface area contributed by atoms with Gasteiger partial charge in [-0.05, 0) is 37.3 Å². The lowest BCUT2D eigenvalue weighted by Gasteiger charge is -2.07. The fourth-order valence-corrected chi connectivity index (χ4v) is 2.82. The smallest absolute Gasteiger partial charge is 0.331 e. The second-order valence-electron chi connectivity index (χ2n) is 6.02. The summed E-state index contributed by atoms with van der Waals surface area (Å²) in [5.74, 6) is 0.372. The average molecular weight is 380 g/mol. The van der Waals surface area contributed by atoms with Crippen molar-refractivity contribution in [3.8, 4) is 11.5 Å². The minimum atomic E-state index is -0.646. The second-order valence-corrected chi connectivity index (χ2v) is 6.02. The zero-order valence-corrected chi connectivity index (χ0v) is 15.9. The number of ether oxygens (including phenoxy) is 3. The van der Waals surface area contributed by atoms with E-state index in [4.69, 9.17) is 18.6 Å². The molecule has 2 aromatic carbocycles. The Kier molecular flexibility index (Phi) is 5.79. The van der Waals surface area contributed by atoms with Crippen LogP contribution in [0.3, 0.4) is 0 Å². The van der Waals surface area contributed by atoms with E-state index < -0.39 is 18.4 Å². The molecule has 3 aromatic rings. The number of aryl methyl sites for hydroxylation is 1. The topological polar surface area (TPSA) is 75.0 Å². The third kappa shape index (κ3) is 4.06. The number of furan rings is 1. The summed E-state index contributed by atoms with van der Waals surface area (Å²) in [7, 11) is 3.08. The number of benzene rings is 2. The Morgan fingerprint density at radius 3 is 2.57 bits per heavy atom. The van der Waals surface area contributed by atoms with Gasteiger partial charge in [0, 0.05) is 22.6 Å². The highest BCUT2D eigenvalue weighted by Gasteiger charge is 2.18. The highest BCUT2D eigenvalue weighted by atomic mass is 16.5. The fraction of sp³-hybridized carbons (Fsp3) is 0.182. The van der Waals surface area contributed by atoms with Gasteiger partial charge in [-0.25, -0.2) is 4.79 Å². The van der Waals surface area contributed by atoms with Crippen LogP contribution in [0.25, 0.3) is 17.0 Å². The predicted molar refractivity (Wildman–Crippen MR) is 105 cm³/mol. The van der Waals surface area contributed by atoms with E-state index in [9.17, 15) is 9.59 Å². The molecule has 0 saturated heterocycles. The molecule has 0 unspecified atom stereocenters. The van der Waals surface area contributed by atoms with Gasteiger partial charge in [-0.15, -0.1) is 0 Å². The van der Waals surface area contributed by atoms with Crippen LogP contribution in [0.5, 0.6) is 11.5 Å². The summed E-state index contributed by atoms with van der Waals surface area (Å²) < 4.78 is 21.1. The number of ketones is 1. The van der Waals surface area contributed by atoms with E-state index in [1.165, 1.54) is 13.2 Å². The molecule has 144 valence electrons. The van der Waals surface area contributed by atoms with Crippen molar-refractivity contribution in [1.82, 2.24) is 0 Å². The molecule has 0 aliphatic rings. The van der Waals surface area contributed by atoms with E-state index in [0.29, 0.717) is 22.6 Å². The zero-order chi connectivity index (χ0) is 20.1. The van der Waals surface area contributed by atoms with Crippen LogP contribution in [-0.2, 0) is 9.53 Å². The molecule has 0 radical (unpaired) electrons. The number of methoxy groups -OCH3 is 2. The molecule has 3 rings (SSSR count). The molecule has 6 nitrogen and oxygen atoms in total. The predicted octanol–water partition coefficient (Wildman–Crippen LogP) is 4.20. The zero-order valence-electron chi connectivity index (χ0n) is 15.9. The van der Waals surface area contributed by atoms with Crippen molar-refractivity contribution in [2.24, 2.45) is 0 Å². The molecule has 0 amide bonds. The average Bonchev–Trinajstić information content (AvgIpc) is 3.07. The molecular weight excluding hydrogens is 360 g/mol. The van der Waals surface area contributed by atoms with Crippen LogP contribution in [0.1, 0.15) is 21.7 Å². The molecule has 1 heterocycles. The van der Waals surface area contributed by atoms with Crippen LogP contribution in [0, 0.1) is 6.92 Å². The number of para-hydroxylation sites is 1. The van der Waals surface area contributed by atoms with E-state index in [1.807, 2.05) is 18.2 Å². The molecule has 6 heteroatoms. The number of hydrogen-bond acceptors (Lipinski definition) is 6. The van der Waals surface area contributed by atoms with Gasteiger partial charge in [0.05, 0.1) is 14.2 Å². The van der Waals surface area contributed by atoms with Gasteiger partial charge in [0.1, 0.15) is 17.1 Å². The lowest BCUT2D eigenvalue weighted by Crippen LogP contribution is -2.12. The maximum atomic E-state index is 12.4. The maximum absolute atomic E-state index is 12.4. The van der Waals surface area contributed by atoms with Crippen molar-refractivity contribution in [3.63, 3.8) is 0 Å². The summed E-state index contributed by atoms with van der Waals surface area (Å²) >= 11 is 0. The van der Waals surface area contributed by atoms with Gasteiger partial charge in [-0.3, -0.25) is 4.79 Å². The molecule has 0 N–H and O–H groups in total. The SMILES string of the molecule is COc1ccc(OC)c(/C=C/C(=O)OCC(=O)c2oc3ccccc3c2C)c1. The minimum absolute atomic E-state index is 0.201. The Balaban J connectivity index is 1.66. The molecule has 28 heavy (non-hydrogen) atoms. The van der Waals surface area contributed by atoms with Gasteiger partial charge in [0.2, 0.25) is 5.78 Å². The third-order valence-electron chi connectivity index (χ3n) is 4.28. The van der Waals surface area contributed by atoms with Crippen LogP contribution >= 0.6 is 0 Å². The van der Waals surface area contributed by atoms with Crippen molar-refractivity contribution < 1.29 is 28.2 Å². The van der Waals surface area contributed by atoms with E-state index in [0.717, 1.165) is 10.9 Å². The number of rotatable bonds is 7. The Labute approximate surface area is 162 Å². The van der Waals surface area contributed by atoms with E-state index in [2.05, 4.69) is 0 Å². The van der Waals surface area contributed by atoms with E-state index in [-0.39, 0.29) is 5.76 Å². The normalized spacial score (nSPS) is 11.0. The Bertz CT molecular complexity index is 1040. The van der Waals surface area contributed by atoms with Gasteiger partial charge in [-0.2, -0.15) is 0 Å². The van der Waals surface area contributed by atoms with Crippen LogP contribution in [0.15, 0.2) is 53.0 Å². The summed E-state index contributed by atoms with van der Waals surface area (Å²) in [6.07, 6.45) is 2.77. The van der Waals surface area contributed by atoms with Crippen molar-refractivity contribution >= 4 is 28.8 Å². The second kappa shape index (κ2) is 8.43. The number of esters is 1. The molecule has 1 aromatic heterocycles. The van der Waals surface area contributed by atoms with Crippen molar-refractivity contribution in [2.75, 3.05) is 20.8 Å². The molecule has 0 saturated carbocycles. The Morgan fingerprint density at radius 1 is 1.07 bits per heavy atom. The highest BCUT2D eigenvalue weighted by molar-refractivity contribution is 6.02. The van der Waals surface area contributed by atoms with Gasteiger partial charge < -0.3 is 18.6 Å². The molecule has 0 fully saturated rings. The first-order valence-corrected chi connectivity index (χ1v) is 8.61. The van der Waals surface area contributed by atoms with Crippen molar-refractivity contribution in [2.45, 2.75) is 6.92 Å². The van der Waals surface area contributed by atoms with Gasteiger partial charge in [-0.1, -0.05) is 18.2 Å². The van der Waals surface area contributed by atoms with Crippen molar-refractivity contribution in [3.05, 3.63) is 65.4 Å². The lowest BCUT2D eigenvalue weighted by atomic mass is 10.1. The van der Waals surface area contributed by atoms with Crippen LogP contribution in [0.4, 0.5) is 0 Å². The summed E-state index contributed by atoms with van der Waals surface area (Å²) in [6, 6.07) is 12.6. The summed E-state index contributed by atoms with van der Waals surface area (Å²) in [6.45, 7) is 1.40. The quantitative estimate of drug-likeness (QED) is 0.347. The van der Waals surface area contributed by atoms with Crippen LogP contribution in [0.2, 0.25) is 0 Å². The highest BCUT2D eigenvalue weighted by Crippen LogP contribution is 2.26. The first-order valence-electron chi connectivity index (χ1n) is 8.61. The van der Waals surface area contributed by atoms with E-state index in [1.54, 1.807) is 44.4 Å². The largest absolute Gasteiger partial charge is 0.497 e. The number of Topliss-reactive ketones (excluding diaryl/α,β-unsaturated/α-hetero) is 1. The monoisotopic (exact) mass is 380 g/mol. The molecule has 0 atom stereocenters. The lowest BCUT2D eigenvalue weighted by molar-refractivity contribution is -0.136. The molecule has 0 aliphatic carbocycles. The fourth-order valence-electron chi connectivity index (χ4n) is 2.82. The number of hydrogen-bond donors (Lipinski definition) is 0. The first kappa shape index (κ1) is 19.2. The number of carbonyl (C=O) groups is 2. The number of carbonyl (C=O) groups excluding carboxylic acids is 2. The first-order chi connectivity index (χ1) is 13.5. The Morgan fingerprint density at radius 2 is 1.86 bits per heavy atom. The van der Waals surface area contributed by atoms with Gasteiger partial charge in [0.15, 0.2) is 12.4 Å². The minimum Gasteiger partial charge on any atom is -0.497 e. The summed E-state index contributed by atoms with van der Waals surface area (Å²) in [5, 5.41) is 0.863. The maximum Gasteiger partial charge on any atom is 0.331 e. The molecule has 0 spiro atoms. The molecular formula is C22H20O6. The Hall–Kier alpha value is -3.54. The summed E-state index contributed by atoms with van der Waals surface area (Å²) in [5.41, 5.74) is 2.01. The number of fused-ring (bicyclic) bond motifs is 1. The molecule has 0 bridgehead atoms. The van der Waals surface area contributed by atoms with E-state index >= 15 is 0 Å². The summed E-state index contributed by atoms with van der Waals surface area (Å²) in [4.78, 5) is 24.4.